The van der Waals surface area contributed by atoms with E-state index in [4.69, 9.17) is 4.42 Å². The number of thiazole rings is 1. The maximum absolute atomic E-state index is 12.5. The molecule has 4 aromatic heterocycles. The van der Waals surface area contributed by atoms with E-state index in [0.29, 0.717) is 32.7 Å². The summed E-state index contributed by atoms with van der Waals surface area (Å²) < 4.78 is 6.93. The number of anilines is 1. The molecule has 9 heteroatoms. The van der Waals surface area contributed by atoms with Crippen molar-refractivity contribution < 1.29 is 9.21 Å². The minimum absolute atomic E-state index is 0.0895. The molecule has 0 atom stereocenters. The third-order valence-electron chi connectivity index (χ3n) is 4.09. The Morgan fingerprint density at radius 2 is 1.97 bits per heavy atom. The van der Waals surface area contributed by atoms with Gasteiger partial charge in [0.25, 0.3) is 11.5 Å². The zero-order chi connectivity index (χ0) is 20.4. The molecule has 8 nitrogen and oxygen atoms in total. The second-order valence-corrected chi connectivity index (χ2v) is 7.46. The number of furan rings is 1. The quantitative estimate of drug-likeness (QED) is 0.539. The van der Waals surface area contributed by atoms with Gasteiger partial charge in [-0.3, -0.25) is 19.9 Å². The number of pyridine rings is 1. The molecule has 0 bridgehead atoms. The molecule has 1 amide bonds. The SMILES string of the molecule is CC(C)n1nc(-c2sc(NC(=O)c3ccncc3)nc2-c2ccco2)ccc1=O. The average Bonchev–Trinajstić information content (AvgIpc) is 3.38. The van der Waals surface area contributed by atoms with Crippen molar-refractivity contribution in [2.75, 3.05) is 5.32 Å². The summed E-state index contributed by atoms with van der Waals surface area (Å²) in [5.41, 5.74) is 1.42. The molecule has 29 heavy (non-hydrogen) atoms. The maximum Gasteiger partial charge on any atom is 0.267 e. The molecule has 0 radical (unpaired) electrons. The minimum atomic E-state index is -0.293. The van der Waals surface area contributed by atoms with Crippen molar-refractivity contribution in [1.29, 1.82) is 0 Å². The standard InChI is InChI=1S/C20H17N5O3S/c1-12(2)25-16(26)6-5-14(24-25)18-17(15-4-3-11-28-15)22-20(29-18)23-19(27)13-7-9-21-10-8-13/h3-12H,1-2H3,(H,22,23,27). The van der Waals surface area contributed by atoms with Crippen molar-refractivity contribution in [3.63, 3.8) is 0 Å². The fraction of sp³-hybridized carbons (Fsp3) is 0.150. The van der Waals surface area contributed by atoms with Crippen LogP contribution in [-0.2, 0) is 0 Å². The molecule has 4 heterocycles. The number of carbonyl (C=O) groups excluding carboxylic acids is 1. The summed E-state index contributed by atoms with van der Waals surface area (Å²) in [5, 5.41) is 7.68. The smallest absolute Gasteiger partial charge is 0.267 e. The van der Waals surface area contributed by atoms with E-state index >= 15 is 0 Å². The van der Waals surface area contributed by atoms with E-state index in [1.54, 1.807) is 49.0 Å². The molecule has 0 unspecified atom stereocenters. The van der Waals surface area contributed by atoms with Gasteiger partial charge >= 0.3 is 0 Å². The summed E-state index contributed by atoms with van der Waals surface area (Å²) in [7, 11) is 0. The Bertz CT molecular complexity index is 1200. The van der Waals surface area contributed by atoms with Crippen molar-refractivity contribution in [2.24, 2.45) is 0 Å². The van der Waals surface area contributed by atoms with Crippen LogP contribution in [0.5, 0.6) is 0 Å². The number of carbonyl (C=O) groups is 1. The first-order valence-corrected chi connectivity index (χ1v) is 9.71. The van der Waals surface area contributed by atoms with E-state index in [-0.39, 0.29) is 17.5 Å². The number of amides is 1. The van der Waals surface area contributed by atoms with Crippen LogP contribution in [0.15, 0.2) is 64.3 Å². The van der Waals surface area contributed by atoms with Crippen molar-refractivity contribution >= 4 is 22.4 Å². The lowest BCUT2D eigenvalue weighted by molar-refractivity contribution is 0.102. The van der Waals surface area contributed by atoms with Crippen LogP contribution < -0.4 is 10.9 Å². The van der Waals surface area contributed by atoms with E-state index in [1.807, 2.05) is 13.8 Å². The average molecular weight is 407 g/mol. The molecule has 0 saturated carbocycles. The zero-order valence-electron chi connectivity index (χ0n) is 15.7. The van der Waals surface area contributed by atoms with Gasteiger partial charge in [0.1, 0.15) is 11.4 Å². The fourth-order valence-corrected chi connectivity index (χ4v) is 3.65. The van der Waals surface area contributed by atoms with Gasteiger partial charge in [-0.25, -0.2) is 9.67 Å². The highest BCUT2D eigenvalue weighted by atomic mass is 32.1. The summed E-state index contributed by atoms with van der Waals surface area (Å²) in [4.78, 5) is 33.7. The number of hydrogen-bond acceptors (Lipinski definition) is 7. The molecule has 0 fully saturated rings. The lowest BCUT2D eigenvalue weighted by Crippen LogP contribution is -2.23. The predicted molar refractivity (Wildman–Crippen MR) is 110 cm³/mol. The Morgan fingerprint density at radius 3 is 2.66 bits per heavy atom. The normalized spacial score (nSPS) is 11.0. The van der Waals surface area contributed by atoms with Crippen molar-refractivity contribution in [1.82, 2.24) is 19.7 Å². The minimum Gasteiger partial charge on any atom is -0.463 e. The van der Waals surface area contributed by atoms with E-state index in [1.165, 1.54) is 22.1 Å². The monoisotopic (exact) mass is 407 g/mol. The summed E-state index contributed by atoms with van der Waals surface area (Å²) in [5.74, 6) is 0.253. The van der Waals surface area contributed by atoms with E-state index < -0.39 is 0 Å². The largest absolute Gasteiger partial charge is 0.463 e. The van der Waals surface area contributed by atoms with E-state index in [0.717, 1.165) is 0 Å². The molecule has 0 aliphatic heterocycles. The van der Waals surface area contributed by atoms with Gasteiger partial charge in [0.15, 0.2) is 10.9 Å². The van der Waals surface area contributed by atoms with Crippen LogP contribution in [0.4, 0.5) is 5.13 Å². The van der Waals surface area contributed by atoms with Gasteiger partial charge in [0.2, 0.25) is 0 Å². The number of nitrogens with one attached hydrogen (secondary N) is 1. The Labute approximate surface area is 169 Å². The van der Waals surface area contributed by atoms with Crippen LogP contribution in [-0.4, -0.2) is 25.7 Å². The highest BCUT2D eigenvalue weighted by molar-refractivity contribution is 7.19. The van der Waals surface area contributed by atoms with E-state index in [9.17, 15) is 9.59 Å². The highest BCUT2D eigenvalue weighted by Gasteiger charge is 2.20. The van der Waals surface area contributed by atoms with Gasteiger partial charge in [-0.2, -0.15) is 5.10 Å². The highest BCUT2D eigenvalue weighted by Crippen LogP contribution is 2.38. The summed E-state index contributed by atoms with van der Waals surface area (Å²) in [6.07, 6.45) is 4.65. The molecule has 0 aromatic carbocycles. The molecule has 0 aliphatic carbocycles. The molecular weight excluding hydrogens is 390 g/mol. The van der Waals surface area contributed by atoms with Crippen LogP contribution in [0.1, 0.15) is 30.2 Å². The van der Waals surface area contributed by atoms with Gasteiger partial charge in [-0.15, -0.1) is 0 Å². The molecule has 0 aliphatic rings. The number of nitrogens with zero attached hydrogens (tertiary/aromatic N) is 4. The van der Waals surface area contributed by atoms with Gasteiger partial charge in [-0.05, 0) is 44.2 Å². The number of hydrogen-bond donors (Lipinski definition) is 1. The predicted octanol–water partition coefficient (Wildman–Crippen LogP) is 3.86. The van der Waals surface area contributed by atoms with Crippen molar-refractivity contribution in [3.05, 3.63) is 71.0 Å². The van der Waals surface area contributed by atoms with Crippen LogP contribution in [0.3, 0.4) is 0 Å². The summed E-state index contributed by atoms with van der Waals surface area (Å²) in [6, 6.07) is 9.82. The number of rotatable bonds is 5. The Kier molecular flexibility index (Phi) is 5.05. The lowest BCUT2D eigenvalue weighted by Gasteiger charge is -2.09. The van der Waals surface area contributed by atoms with Crippen LogP contribution in [0, 0.1) is 0 Å². The Morgan fingerprint density at radius 1 is 1.17 bits per heavy atom. The lowest BCUT2D eigenvalue weighted by atomic mass is 10.2. The Balaban J connectivity index is 1.76. The number of aromatic nitrogens is 4. The molecule has 146 valence electrons. The molecule has 1 N–H and O–H groups in total. The molecule has 4 aromatic rings. The zero-order valence-corrected chi connectivity index (χ0v) is 16.5. The van der Waals surface area contributed by atoms with Gasteiger partial charge in [0.05, 0.1) is 17.2 Å². The molecular formula is C20H17N5O3S. The van der Waals surface area contributed by atoms with Crippen molar-refractivity contribution in [3.8, 4) is 22.0 Å². The Hall–Kier alpha value is -3.59. The fourth-order valence-electron chi connectivity index (χ4n) is 2.72. The third-order valence-corrected chi connectivity index (χ3v) is 5.08. The first-order chi connectivity index (χ1) is 14.0. The topological polar surface area (TPSA) is 103 Å². The van der Waals surface area contributed by atoms with Gasteiger partial charge in [0, 0.05) is 24.0 Å². The van der Waals surface area contributed by atoms with Gasteiger partial charge < -0.3 is 4.42 Å². The van der Waals surface area contributed by atoms with Crippen LogP contribution in [0.2, 0.25) is 0 Å². The molecule has 0 saturated heterocycles. The second-order valence-electron chi connectivity index (χ2n) is 6.46. The molecule has 0 spiro atoms. The second kappa shape index (κ2) is 7.80. The molecule has 4 rings (SSSR count). The van der Waals surface area contributed by atoms with Gasteiger partial charge in [-0.1, -0.05) is 11.3 Å². The first-order valence-electron chi connectivity index (χ1n) is 8.89. The summed E-state index contributed by atoms with van der Waals surface area (Å²) in [6.45, 7) is 3.78. The first kappa shape index (κ1) is 18.8. The van der Waals surface area contributed by atoms with E-state index in [2.05, 4.69) is 20.4 Å². The maximum atomic E-state index is 12.5. The summed E-state index contributed by atoms with van der Waals surface area (Å²) >= 11 is 1.26. The third kappa shape index (κ3) is 3.85. The van der Waals surface area contributed by atoms with Crippen molar-refractivity contribution in [2.45, 2.75) is 19.9 Å². The van der Waals surface area contributed by atoms with Crippen LogP contribution >= 0.6 is 11.3 Å². The van der Waals surface area contributed by atoms with Crippen LogP contribution in [0.25, 0.3) is 22.0 Å².